The molecule has 0 aliphatic carbocycles. The lowest BCUT2D eigenvalue weighted by Gasteiger charge is -2.09. The summed E-state index contributed by atoms with van der Waals surface area (Å²) in [6, 6.07) is 19.2. The maximum Gasteiger partial charge on any atom is 0.274 e. The predicted octanol–water partition coefficient (Wildman–Crippen LogP) is 2.68. The van der Waals surface area contributed by atoms with Gasteiger partial charge in [-0.2, -0.15) is 0 Å². The van der Waals surface area contributed by atoms with E-state index in [1.165, 1.54) is 12.1 Å². The molecule has 0 radical (unpaired) electrons. The number of hydroxylamine groups is 1. The summed E-state index contributed by atoms with van der Waals surface area (Å²) in [6.07, 6.45) is 1.73. The van der Waals surface area contributed by atoms with Gasteiger partial charge in [0.1, 0.15) is 12.4 Å². The van der Waals surface area contributed by atoms with Crippen LogP contribution in [0.4, 0.5) is 0 Å². The summed E-state index contributed by atoms with van der Waals surface area (Å²) in [7, 11) is 0. The summed E-state index contributed by atoms with van der Waals surface area (Å²) < 4.78 is 5.52. The van der Waals surface area contributed by atoms with E-state index < -0.39 is 5.91 Å². The van der Waals surface area contributed by atoms with E-state index in [1.54, 1.807) is 35.9 Å². The van der Waals surface area contributed by atoms with Crippen LogP contribution in [-0.4, -0.2) is 35.2 Å². The Labute approximate surface area is 162 Å². The van der Waals surface area contributed by atoms with Gasteiger partial charge in [-0.15, -0.1) is 0 Å². The van der Waals surface area contributed by atoms with Crippen molar-refractivity contribution in [1.29, 1.82) is 0 Å². The van der Waals surface area contributed by atoms with Crippen LogP contribution in [0.1, 0.15) is 20.7 Å². The fraction of sp³-hybridized carbons (Fsp3) is 0.0952. The lowest BCUT2D eigenvalue weighted by Crippen LogP contribution is -2.28. The number of hydrogen-bond acceptors (Lipinski definition) is 5. The van der Waals surface area contributed by atoms with E-state index in [9.17, 15) is 9.59 Å². The Balaban J connectivity index is 1.46. The number of carbonyl (C=O) groups is 2. The zero-order valence-electron chi connectivity index (χ0n) is 15.0. The molecule has 0 spiro atoms. The molecule has 3 N–H and O–H groups in total. The molecular weight excluding hydrogens is 358 g/mol. The molecule has 0 aliphatic rings. The second-order valence-electron chi connectivity index (χ2n) is 5.86. The minimum Gasteiger partial charge on any atom is -0.492 e. The van der Waals surface area contributed by atoms with Crippen molar-refractivity contribution in [3.63, 3.8) is 0 Å². The Morgan fingerprint density at radius 2 is 1.57 bits per heavy atom. The third-order valence-corrected chi connectivity index (χ3v) is 3.98. The predicted molar refractivity (Wildman–Crippen MR) is 103 cm³/mol. The molecule has 0 saturated heterocycles. The molecule has 7 nitrogen and oxygen atoms in total. The normalized spacial score (nSPS) is 10.2. The Kier molecular flexibility index (Phi) is 6.33. The highest BCUT2D eigenvalue weighted by Crippen LogP contribution is 2.17. The van der Waals surface area contributed by atoms with Crippen LogP contribution < -0.4 is 15.5 Å². The Bertz CT molecular complexity index is 926. The van der Waals surface area contributed by atoms with E-state index in [-0.39, 0.29) is 12.5 Å². The van der Waals surface area contributed by atoms with Gasteiger partial charge in [0.05, 0.1) is 12.2 Å². The fourth-order valence-electron chi connectivity index (χ4n) is 2.53. The molecule has 142 valence electrons. The second-order valence-corrected chi connectivity index (χ2v) is 5.86. The summed E-state index contributed by atoms with van der Waals surface area (Å²) in [5.74, 6) is -0.220. The summed E-state index contributed by atoms with van der Waals surface area (Å²) in [5, 5.41) is 11.4. The van der Waals surface area contributed by atoms with Gasteiger partial charge in [-0.25, -0.2) is 5.48 Å². The topological polar surface area (TPSA) is 101 Å². The van der Waals surface area contributed by atoms with Gasteiger partial charge in [-0.1, -0.05) is 18.2 Å². The van der Waals surface area contributed by atoms with Crippen LogP contribution in [0.25, 0.3) is 11.3 Å². The van der Waals surface area contributed by atoms with Crippen molar-refractivity contribution in [1.82, 2.24) is 15.8 Å². The molecule has 3 aromatic rings. The van der Waals surface area contributed by atoms with Gasteiger partial charge in [0.15, 0.2) is 0 Å². The molecule has 0 unspecified atom stereocenters. The van der Waals surface area contributed by atoms with Gasteiger partial charge < -0.3 is 10.1 Å². The third kappa shape index (κ3) is 4.93. The first kappa shape index (κ1) is 19.1. The molecule has 7 heteroatoms. The molecule has 0 bridgehead atoms. The Morgan fingerprint density at radius 3 is 2.21 bits per heavy atom. The van der Waals surface area contributed by atoms with Crippen LogP contribution in [0, 0.1) is 0 Å². The average Bonchev–Trinajstić information content (AvgIpc) is 2.77. The van der Waals surface area contributed by atoms with E-state index in [2.05, 4.69) is 10.3 Å². The Hall–Kier alpha value is -3.71. The van der Waals surface area contributed by atoms with Crippen LogP contribution >= 0.6 is 0 Å². The largest absolute Gasteiger partial charge is 0.492 e. The molecule has 1 aromatic heterocycles. The quantitative estimate of drug-likeness (QED) is 0.334. The standard InChI is InChI=1S/C21H19N3O4/c25-20(16-6-4-15(5-7-16)19-3-1-2-12-22-19)23-13-14-28-18-10-8-17(9-11-18)21(26)24-27/h1-12,27H,13-14H2,(H,23,25)(H,24,26). The van der Waals surface area contributed by atoms with E-state index >= 15 is 0 Å². The fourth-order valence-corrected chi connectivity index (χ4v) is 2.53. The molecule has 0 saturated carbocycles. The van der Waals surface area contributed by atoms with Crippen molar-refractivity contribution < 1.29 is 19.5 Å². The third-order valence-electron chi connectivity index (χ3n) is 3.98. The average molecular weight is 377 g/mol. The van der Waals surface area contributed by atoms with Crippen LogP contribution in [0.5, 0.6) is 5.75 Å². The van der Waals surface area contributed by atoms with Crippen LogP contribution in [0.2, 0.25) is 0 Å². The van der Waals surface area contributed by atoms with E-state index in [0.29, 0.717) is 23.4 Å². The van der Waals surface area contributed by atoms with Crippen molar-refractivity contribution in [2.75, 3.05) is 13.2 Å². The highest BCUT2D eigenvalue weighted by atomic mass is 16.5. The highest BCUT2D eigenvalue weighted by Gasteiger charge is 2.07. The number of rotatable bonds is 7. The maximum absolute atomic E-state index is 12.2. The zero-order chi connectivity index (χ0) is 19.8. The van der Waals surface area contributed by atoms with Gasteiger partial charge in [0, 0.05) is 22.9 Å². The minimum absolute atomic E-state index is 0.189. The number of carbonyl (C=O) groups excluding carboxylic acids is 2. The minimum atomic E-state index is -0.590. The van der Waals surface area contributed by atoms with Crippen molar-refractivity contribution >= 4 is 11.8 Å². The van der Waals surface area contributed by atoms with E-state index in [0.717, 1.165) is 11.3 Å². The number of pyridine rings is 1. The SMILES string of the molecule is O=C(NO)c1ccc(OCCNC(=O)c2ccc(-c3ccccn3)cc2)cc1. The zero-order valence-corrected chi connectivity index (χ0v) is 15.0. The lowest BCUT2D eigenvalue weighted by atomic mass is 10.1. The molecule has 2 amide bonds. The van der Waals surface area contributed by atoms with Gasteiger partial charge in [0.25, 0.3) is 11.8 Å². The van der Waals surface area contributed by atoms with Crippen molar-refractivity contribution in [3.8, 4) is 17.0 Å². The van der Waals surface area contributed by atoms with Crippen molar-refractivity contribution in [3.05, 3.63) is 84.1 Å². The number of amides is 2. The van der Waals surface area contributed by atoms with Gasteiger partial charge in [0.2, 0.25) is 0 Å². The first-order chi connectivity index (χ1) is 13.7. The first-order valence-corrected chi connectivity index (χ1v) is 8.64. The summed E-state index contributed by atoms with van der Waals surface area (Å²) in [5.41, 5.74) is 4.23. The monoisotopic (exact) mass is 377 g/mol. The van der Waals surface area contributed by atoms with Crippen molar-refractivity contribution in [2.45, 2.75) is 0 Å². The van der Waals surface area contributed by atoms with Crippen LogP contribution in [-0.2, 0) is 0 Å². The molecule has 0 atom stereocenters. The number of hydrogen-bond donors (Lipinski definition) is 3. The summed E-state index contributed by atoms with van der Waals surface area (Å²) >= 11 is 0. The number of nitrogens with zero attached hydrogens (tertiary/aromatic N) is 1. The molecule has 28 heavy (non-hydrogen) atoms. The van der Waals surface area contributed by atoms with Gasteiger partial charge in [-0.05, 0) is 48.5 Å². The molecular formula is C21H19N3O4. The highest BCUT2D eigenvalue weighted by molar-refractivity contribution is 5.94. The van der Waals surface area contributed by atoms with E-state index in [1.807, 2.05) is 30.3 Å². The lowest BCUT2D eigenvalue weighted by molar-refractivity contribution is 0.0706. The van der Waals surface area contributed by atoms with Gasteiger partial charge in [-0.3, -0.25) is 19.8 Å². The first-order valence-electron chi connectivity index (χ1n) is 8.64. The molecule has 3 rings (SSSR count). The molecule has 2 aromatic carbocycles. The van der Waals surface area contributed by atoms with E-state index in [4.69, 9.17) is 9.94 Å². The smallest absolute Gasteiger partial charge is 0.274 e. The number of ether oxygens (including phenoxy) is 1. The number of benzene rings is 2. The summed E-state index contributed by atoms with van der Waals surface area (Å²) in [4.78, 5) is 27.7. The number of nitrogens with one attached hydrogen (secondary N) is 2. The summed E-state index contributed by atoms with van der Waals surface area (Å²) in [6.45, 7) is 0.614. The molecule has 1 heterocycles. The second kappa shape index (κ2) is 9.29. The van der Waals surface area contributed by atoms with Crippen LogP contribution in [0.15, 0.2) is 72.9 Å². The molecule has 0 fully saturated rings. The van der Waals surface area contributed by atoms with Crippen molar-refractivity contribution in [2.24, 2.45) is 0 Å². The molecule has 0 aliphatic heterocycles. The van der Waals surface area contributed by atoms with Gasteiger partial charge >= 0.3 is 0 Å². The maximum atomic E-state index is 12.2. The Morgan fingerprint density at radius 1 is 0.893 bits per heavy atom. The number of aromatic nitrogens is 1. The van der Waals surface area contributed by atoms with Crippen LogP contribution in [0.3, 0.4) is 0 Å².